The second kappa shape index (κ2) is 8.29. The third-order valence-electron chi connectivity index (χ3n) is 6.80. The molecule has 0 radical (unpaired) electrons. The van der Waals surface area contributed by atoms with Gasteiger partial charge in [0.05, 0.1) is 0 Å². The van der Waals surface area contributed by atoms with Crippen LogP contribution in [0.4, 0.5) is 4.39 Å². The van der Waals surface area contributed by atoms with Crippen molar-refractivity contribution in [2.45, 2.75) is 39.2 Å². The minimum atomic E-state index is -0.445. The molecule has 2 bridgehead atoms. The highest BCUT2D eigenvalue weighted by molar-refractivity contribution is 5.98. The number of fused-ring (bicyclic) bond motifs is 3. The SMILES string of the molecule is Cc1cc(CNC(=O)c2cc(C(=O)NCC3CC4CCC3C4)n3ncnc3n2)ccc1F. The molecule has 2 aliphatic rings. The molecule has 0 saturated heterocycles. The summed E-state index contributed by atoms with van der Waals surface area (Å²) in [6.45, 7) is 2.51. The molecule has 3 aromatic rings. The van der Waals surface area contributed by atoms with Crippen LogP contribution < -0.4 is 10.6 Å². The molecule has 9 heteroatoms. The van der Waals surface area contributed by atoms with Crippen LogP contribution in [-0.4, -0.2) is 37.9 Å². The van der Waals surface area contributed by atoms with Gasteiger partial charge in [0.2, 0.25) is 0 Å². The molecule has 2 N–H and O–H groups in total. The highest BCUT2D eigenvalue weighted by atomic mass is 19.1. The first kappa shape index (κ1) is 20.5. The van der Waals surface area contributed by atoms with Gasteiger partial charge in [0.1, 0.15) is 23.5 Å². The van der Waals surface area contributed by atoms with Gasteiger partial charge >= 0.3 is 0 Å². The van der Waals surface area contributed by atoms with E-state index < -0.39 is 5.91 Å². The number of nitrogens with zero attached hydrogens (tertiary/aromatic N) is 4. The Kier molecular flexibility index (Phi) is 5.32. The van der Waals surface area contributed by atoms with E-state index in [1.807, 2.05) is 0 Å². The largest absolute Gasteiger partial charge is 0.350 e. The first-order valence-corrected chi connectivity index (χ1v) is 11.0. The number of hydrogen-bond donors (Lipinski definition) is 2. The third kappa shape index (κ3) is 3.94. The van der Waals surface area contributed by atoms with E-state index in [4.69, 9.17) is 0 Å². The second-order valence-corrected chi connectivity index (χ2v) is 8.91. The number of rotatable bonds is 6. The molecule has 5 rings (SSSR count). The molecule has 2 aromatic heterocycles. The van der Waals surface area contributed by atoms with Gasteiger partial charge in [-0.15, -0.1) is 0 Å². The van der Waals surface area contributed by atoms with Crippen molar-refractivity contribution in [3.8, 4) is 0 Å². The predicted octanol–water partition coefficient (Wildman–Crippen LogP) is 2.67. The van der Waals surface area contributed by atoms with E-state index in [9.17, 15) is 14.0 Å². The number of halogens is 1. The molecular formula is C23H25FN6O2. The number of benzene rings is 1. The lowest BCUT2D eigenvalue weighted by Crippen LogP contribution is -2.33. The Morgan fingerprint density at radius 1 is 1.16 bits per heavy atom. The van der Waals surface area contributed by atoms with Gasteiger partial charge < -0.3 is 10.6 Å². The third-order valence-corrected chi connectivity index (χ3v) is 6.80. The maximum atomic E-state index is 13.5. The topological polar surface area (TPSA) is 101 Å². The molecule has 2 fully saturated rings. The maximum absolute atomic E-state index is 13.5. The first-order valence-electron chi connectivity index (χ1n) is 11.0. The Hall–Kier alpha value is -3.36. The molecule has 2 heterocycles. The minimum absolute atomic E-state index is 0.0782. The Bertz CT molecular complexity index is 1190. The van der Waals surface area contributed by atoms with Crippen LogP contribution >= 0.6 is 0 Å². The van der Waals surface area contributed by atoms with Crippen molar-refractivity contribution in [2.24, 2.45) is 17.8 Å². The summed E-state index contributed by atoms with van der Waals surface area (Å²) in [5.74, 6) is 1.19. The van der Waals surface area contributed by atoms with Crippen LogP contribution in [-0.2, 0) is 6.54 Å². The lowest BCUT2D eigenvalue weighted by molar-refractivity contribution is 0.0934. The van der Waals surface area contributed by atoms with Gasteiger partial charge in [-0.05, 0) is 61.1 Å². The molecule has 32 heavy (non-hydrogen) atoms. The van der Waals surface area contributed by atoms with E-state index in [0.717, 1.165) is 11.5 Å². The van der Waals surface area contributed by atoms with E-state index in [1.165, 1.54) is 48.7 Å². The molecule has 3 unspecified atom stereocenters. The average Bonchev–Trinajstić information content (AvgIpc) is 3.54. The van der Waals surface area contributed by atoms with Crippen LogP contribution in [0.25, 0.3) is 5.78 Å². The van der Waals surface area contributed by atoms with Gasteiger partial charge in [0.15, 0.2) is 0 Å². The van der Waals surface area contributed by atoms with Gasteiger partial charge in [-0.1, -0.05) is 18.6 Å². The number of nitrogens with one attached hydrogen (secondary N) is 2. The Morgan fingerprint density at radius 2 is 2.03 bits per heavy atom. The highest BCUT2D eigenvalue weighted by Crippen LogP contribution is 2.47. The van der Waals surface area contributed by atoms with Crippen molar-refractivity contribution in [3.63, 3.8) is 0 Å². The zero-order valence-electron chi connectivity index (χ0n) is 17.8. The number of aryl methyl sites for hydroxylation is 1. The number of amides is 2. The Balaban J connectivity index is 1.30. The van der Waals surface area contributed by atoms with E-state index >= 15 is 0 Å². The Labute approximate surface area is 184 Å². The van der Waals surface area contributed by atoms with Crippen LogP contribution in [0.2, 0.25) is 0 Å². The molecule has 0 spiro atoms. The number of carbonyl (C=O) groups excluding carboxylic acids is 2. The zero-order valence-corrected chi connectivity index (χ0v) is 17.8. The van der Waals surface area contributed by atoms with Crippen molar-refractivity contribution in [1.82, 2.24) is 30.2 Å². The smallest absolute Gasteiger partial charge is 0.270 e. The molecule has 8 nitrogen and oxygen atoms in total. The van der Waals surface area contributed by atoms with Gasteiger partial charge in [0, 0.05) is 19.2 Å². The first-order chi connectivity index (χ1) is 15.5. The van der Waals surface area contributed by atoms with Gasteiger partial charge in [0.25, 0.3) is 17.6 Å². The summed E-state index contributed by atoms with van der Waals surface area (Å²) < 4.78 is 14.8. The van der Waals surface area contributed by atoms with Crippen LogP contribution in [0.15, 0.2) is 30.6 Å². The summed E-state index contributed by atoms with van der Waals surface area (Å²) in [5, 5.41) is 9.87. The number of carbonyl (C=O) groups is 2. The van der Waals surface area contributed by atoms with Crippen molar-refractivity contribution in [1.29, 1.82) is 0 Å². The quantitative estimate of drug-likeness (QED) is 0.619. The summed E-state index contributed by atoms with van der Waals surface area (Å²) in [5.41, 5.74) is 1.58. The molecule has 2 aliphatic carbocycles. The fourth-order valence-corrected chi connectivity index (χ4v) is 5.12. The molecular weight excluding hydrogens is 411 g/mol. The molecule has 166 valence electrons. The van der Waals surface area contributed by atoms with Crippen LogP contribution in [0.3, 0.4) is 0 Å². The highest BCUT2D eigenvalue weighted by Gasteiger charge is 2.39. The summed E-state index contributed by atoms with van der Waals surface area (Å²) in [6.07, 6.45) is 6.33. The van der Waals surface area contributed by atoms with Crippen molar-refractivity contribution < 1.29 is 14.0 Å². The number of hydrogen-bond acceptors (Lipinski definition) is 5. The van der Waals surface area contributed by atoms with Crippen molar-refractivity contribution in [2.75, 3.05) is 6.54 Å². The fraction of sp³-hybridized carbons (Fsp3) is 0.435. The van der Waals surface area contributed by atoms with Gasteiger partial charge in [-0.3, -0.25) is 9.59 Å². The summed E-state index contributed by atoms with van der Waals surface area (Å²) in [4.78, 5) is 34.0. The van der Waals surface area contributed by atoms with E-state index in [1.54, 1.807) is 19.1 Å². The van der Waals surface area contributed by atoms with Crippen LogP contribution in [0.5, 0.6) is 0 Å². The number of aromatic nitrogens is 4. The summed E-state index contributed by atoms with van der Waals surface area (Å²) in [6, 6.07) is 6.10. The molecule has 2 saturated carbocycles. The van der Waals surface area contributed by atoms with Gasteiger partial charge in [-0.2, -0.15) is 14.6 Å². The van der Waals surface area contributed by atoms with Crippen molar-refractivity contribution in [3.05, 3.63) is 58.9 Å². The van der Waals surface area contributed by atoms with E-state index in [2.05, 4.69) is 25.7 Å². The predicted molar refractivity (Wildman–Crippen MR) is 114 cm³/mol. The van der Waals surface area contributed by atoms with Crippen LogP contribution in [0.1, 0.15) is 57.8 Å². The normalized spacial score (nSPS) is 21.8. The van der Waals surface area contributed by atoms with E-state index in [0.29, 0.717) is 23.9 Å². The zero-order chi connectivity index (χ0) is 22.2. The molecule has 1 aromatic carbocycles. The fourth-order valence-electron chi connectivity index (χ4n) is 5.12. The lowest BCUT2D eigenvalue weighted by atomic mass is 9.89. The van der Waals surface area contributed by atoms with Crippen molar-refractivity contribution >= 4 is 17.6 Å². The maximum Gasteiger partial charge on any atom is 0.270 e. The van der Waals surface area contributed by atoms with Gasteiger partial charge in [-0.25, -0.2) is 9.37 Å². The molecule has 0 aliphatic heterocycles. The molecule has 2 amide bonds. The lowest BCUT2D eigenvalue weighted by Gasteiger charge is -2.21. The summed E-state index contributed by atoms with van der Waals surface area (Å²) >= 11 is 0. The summed E-state index contributed by atoms with van der Waals surface area (Å²) in [7, 11) is 0. The van der Waals surface area contributed by atoms with Crippen LogP contribution in [0, 0.1) is 30.5 Å². The standard InChI is InChI=1S/C23H25FN6O2/c1-13-6-15(3-5-18(13)24)10-25-21(31)19-9-20(30-23(29-19)27-12-28-30)22(32)26-11-17-8-14-2-4-16(17)7-14/h3,5-6,9,12,14,16-17H,2,4,7-8,10-11H2,1H3,(H,25,31)(H,26,32). The minimum Gasteiger partial charge on any atom is -0.350 e. The molecule has 3 atom stereocenters. The van der Waals surface area contributed by atoms with E-state index in [-0.39, 0.29) is 35.4 Å². The second-order valence-electron chi connectivity index (χ2n) is 8.91. The monoisotopic (exact) mass is 436 g/mol. The average molecular weight is 436 g/mol. The Morgan fingerprint density at radius 3 is 2.78 bits per heavy atom.